The third-order valence-corrected chi connectivity index (χ3v) is 10.0. The summed E-state index contributed by atoms with van der Waals surface area (Å²) in [5.41, 5.74) is 2.93. The number of aryl methyl sites for hydroxylation is 1. The first-order valence-electron chi connectivity index (χ1n) is 12.6. The van der Waals surface area contributed by atoms with E-state index in [9.17, 15) is 9.32 Å². The molecule has 0 amide bonds. The molecule has 2 N–H and O–H groups in total. The van der Waals surface area contributed by atoms with Crippen LogP contribution in [0.5, 0.6) is 0 Å². The monoisotopic (exact) mass is 476 g/mol. The number of hydrogen-bond donors (Lipinski definition) is 2. The predicted octanol–water partition coefficient (Wildman–Crippen LogP) is 3.47. The van der Waals surface area contributed by atoms with Crippen LogP contribution in [0.2, 0.25) is 0 Å². The number of terminal acetylenes is 1. The van der Waals surface area contributed by atoms with E-state index in [1.165, 1.54) is 18.4 Å². The van der Waals surface area contributed by atoms with Gasteiger partial charge in [-0.3, -0.25) is 4.21 Å². The van der Waals surface area contributed by atoms with Gasteiger partial charge in [0.2, 0.25) is 5.95 Å². The Morgan fingerprint density at radius 3 is 2.50 bits per heavy atom. The minimum absolute atomic E-state index is 0.0747. The van der Waals surface area contributed by atoms with Crippen molar-refractivity contribution in [2.75, 3.05) is 35.7 Å². The second-order valence-electron chi connectivity index (χ2n) is 10.6. The summed E-state index contributed by atoms with van der Waals surface area (Å²) >= 11 is 0. The maximum Gasteiger partial charge on any atom is 0.227 e. The van der Waals surface area contributed by atoms with E-state index in [0.29, 0.717) is 29.3 Å². The van der Waals surface area contributed by atoms with Crippen molar-refractivity contribution in [1.82, 2.24) is 9.97 Å². The molecule has 0 spiro atoms. The van der Waals surface area contributed by atoms with Crippen LogP contribution >= 0.6 is 0 Å². The van der Waals surface area contributed by atoms with Crippen LogP contribution in [0.1, 0.15) is 61.3 Å². The van der Waals surface area contributed by atoms with Gasteiger partial charge in [-0.2, -0.15) is 4.98 Å². The Kier molecular flexibility index (Phi) is 5.62. The number of nitrogens with zero attached hydrogens (tertiary/aromatic N) is 3. The van der Waals surface area contributed by atoms with Crippen molar-refractivity contribution in [2.24, 2.45) is 11.8 Å². The number of hydrogen-bond acceptors (Lipinski definition) is 6. The Balaban J connectivity index is 1.22. The van der Waals surface area contributed by atoms with E-state index >= 15 is 0 Å². The first kappa shape index (κ1) is 22.1. The molecule has 6 nitrogen and oxygen atoms in total. The van der Waals surface area contributed by atoms with Gasteiger partial charge in [0.05, 0.1) is 28.6 Å². The van der Waals surface area contributed by atoms with Gasteiger partial charge in [-0.1, -0.05) is 18.1 Å². The van der Waals surface area contributed by atoms with Crippen LogP contribution < -0.4 is 10.2 Å². The molecule has 4 aliphatic rings. The minimum atomic E-state index is -1.08. The molecule has 3 fully saturated rings. The van der Waals surface area contributed by atoms with E-state index in [4.69, 9.17) is 16.4 Å². The predicted molar refractivity (Wildman–Crippen MR) is 134 cm³/mol. The van der Waals surface area contributed by atoms with Crippen molar-refractivity contribution in [3.8, 4) is 12.3 Å². The molecule has 2 aliphatic heterocycles. The highest BCUT2D eigenvalue weighted by Gasteiger charge is 2.43. The Morgan fingerprint density at radius 1 is 1.15 bits per heavy atom. The van der Waals surface area contributed by atoms with Gasteiger partial charge in [0.25, 0.3) is 0 Å². The van der Waals surface area contributed by atoms with E-state index in [1.807, 2.05) is 0 Å². The van der Waals surface area contributed by atoms with Crippen molar-refractivity contribution >= 4 is 22.6 Å². The molecule has 0 radical (unpaired) electrons. The van der Waals surface area contributed by atoms with Crippen molar-refractivity contribution in [3.63, 3.8) is 0 Å². The second-order valence-corrected chi connectivity index (χ2v) is 12.1. The van der Waals surface area contributed by atoms with Crippen LogP contribution in [-0.4, -0.2) is 50.3 Å². The van der Waals surface area contributed by atoms with Gasteiger partial charge in [-0.15, -0.1) is 6.42 Å². The summed E-state index contributed by atoms with van der Waals surface area (Å²) in [5, 5.41) is 13.5. The number of rotatable bonds is 5. The van der Waals surface area contributed by atoms with E-state index in [1.54, 1.807) is 0 Å². The lowest BCUT2D eigenvalue weighted by Crippen LogP contribution is -2.49. The van der Waals surface area contributed by atoms with Crippen molar-refractivity contribution < 1.29 is 9.32 Å². The number of aliphatic hydroxyl groups is 1. The van der Waals surface area contributed by atoms with Crippen LogP contribution in [0.4, 0.5) is 11.8 Å². The smallest absolute Gasteiger partial charge is 0.227 e. The van der Waals surface area contributed by atoms with E-state index in [2.05, 4.69) is 40.4 Å². The van der Waals surface area contributed by atoms with E-state index in [0.717, 1.165) is 67.3 Å². The first-order valence-corrected chi connectivity index (χ1v) is 13.9. The van der Waals surface area contributed by atoms with Crippen LogP contribution in [0.25, 0.3) is 0 Å². The third kappa shape index (κ3) is 3.81. The summed E-state index contributed by atoms with van der Waals surface area (Å²) in [6.07, 6.45) is 12.5. The SMILES string of the molecule is C#Cc1ccc(C2CC3CN(c4nc5c(c(NC6(CO)CCC6)n4)S(=O)CCC5)CC3C2)cc1. The molecule has 2 saturated carbocycles. The van der Waals surface area contributed by atoms with Gasteiger partial charge >= 0.3 is 0 Å². The maximum atomic E-state index is 12.9. The third-order valence-electron chi connectivity index (χ3n) is 8.47. The number of anilines is 2. The fraction of sp³-hybridized carbons (Fsp3) is 0.556. The lowest BCUT2D eigenvalue weighted by Gasteiger charge is -2.42. The van der Waals surface area contributed by atoms with Crippen molar-refractivity contribution in [3.05, 3.63) is 41.1 Å². The molecule has 2 aromatic rings. The Hall–Kier alpha value is -2.43. The molecule has 34 heavy (non-hydrogen) atoms. The highest BCUT2D eigenvalue weighted by molar-refractivity contribution is 7.85. The molecule has 6 rings (SSSR count). The highest BCUT2D eigenvalue weighted by atomic mass is 32.2. The van der Waals surface area contributed by atoms with Gasteiger partial charge < -0.3 is 15.3 Å². The number of aliphatic hydroxyl groups excluding tert-OH is 1. The van der Waals surface area contributed by atoms with Gasteiger partial charge in [-0.05, 0) is 80.4 Å². The molecule has 3 atom stereocenters. The fourth-order valence-corrected chi connectivity index (χ4v) is 7.69. The standard InChI is InChI=1S/C27H32N4O2S/c1-2-18-6-8-19(9-7-18)20-13-21-15-31(16-22(21)14-20)26-28-23-5-3-12-34(33)24(23)25(29-26)30-27(17-32)10-4-11-27/h1,6-9,20-22,32H,3-5,10-17H2,(H,28,29,30). The Labute approximate surface area is 204 Å². The molecule has 3 unspecified atom stereocenters. The second kappa shape index (κ2) is 8.66. The fourth-order valence-electron chi connectivity index (χ4n) is 6.36. The summed E-state index contributed by atoms with van der Waals surface area (Å²) in [5.74, 6) is 6.68. The molecule has 2 aliphatic carbocycles. The molecule has 1 saturated heterocycles. The van der Waals surface area contributed by atoms with Gasteiger partial charge in [-0.25, -0.2) is 4.98 Å². The summed E-state index contributed by atoms with van der Waals surface area (Å²) < 4.78 is 12.9. The quantitative estimate of drug-likeness (QED) is 0.644. The van der Waals surface area contributed by atoms with Crippen LogP contribution in [0.3, 0.4) is 0 Å². The zero-order chi connectivity index (χ0) is 23.3. The summed E-state index contributed by atoms with van der Waals surface area (Å²) in [7, 11) is -1.08. The van der Waals surface area contributed by atoms with E-state index < -0.39 is 10.8 Å². The molecule has 1 aromatic carbocycles. The molecule has 7 heteroatoms. The van der Waals surface area contributed by atoms with Crippen LogP contribution in [-0.2, 0) is 17.2 Å². The number of aromatic nitrogens is 2. The summed E-state index contributed by atoms with van der Waals surface area (Å²) in [6.45, 7) is 2.01. The minimum Gasteiger partial charge on any atom is -0.394 e. The van der Waals surface area contributed by atoms with E-state index in [-0.39, 0.29) is 12.1 Å². The van der Waals surface area contributed by atoms with Crippen LogP contribution in [0, 0.1) is 24.2 Å². The molecular formula is C27H32N4O2S. The molecule has 3 heterocycles. The number of fused-ring (bicyclic) bond motifs is 2. The Morgan fingerprint density at radius 2 is 1.88 bits per heavy atom. The summed E-state index contributed by atoms with van der Waals surface area (Å²) in [4.78, 5) is 13.0. The van der Waals surface area contributed by atoms with Gasteiger partial charge in [0.1, 0.15) is 10.7 Å². The molecule has 0 bridgehead atoms. The average Bonchev–Trinajstić information content (AvgIpc) is 3.41. The number of benzene rings is 1. The van der Waals surface area contributed by atoms with Gasteiger partial charge in [0, 0.05) is 24.4 Å². The molecular weight excluding hydrogens is 444 g/mol. The molecule has 178 valence electrons. The summed E-state index contributed by atoms with van der Waals surface area (Å²) in [6, 6.07) is 8.49. The first-order chi connectivity index (χ1) is 16.6. The van der Waals surface area contributed by atoms with Crippen molar-refractivity contribution in [1.29, 1.82) is 0 Å². The zero-order valence-corrected chi connectivity index (χ0v) is 20.3. The lowest BCUT2D eigenvalue weighted by atomic mass is 9.77. The normalized spacial score (nSPS) is 29.1. The van der Waals surface area contributed by atoms with Gasteiger partial charge in [0.15, 0.2) is 0 Å². The van der Waals surface area contributed by atoms with Crippen molar-refractivity contribution in [2.45, 2.75) is 61.3 Å². The zero-order valence-electron chi connectivity index (χ0n) is 19.5. The topological polar surface area (TPSA) is 78.3 Å². The number of nitrogens with one attached hydrogen (secondary N) is 1. The maximum absolute atomic E-state index is 12.9. The molecule has 1 aromatic heterocycles. The largest absolute Gasteiger partial charge is 0.394 e. The van der Waals surface area contributed by atoms with Crippen LogP contribution in [0.15, 0.2) is 29.2 Å². The highest BCUT2D eigenvalue weighted by Crippen LogP contribution is 2.47. The average molecular weight is 477 g/mol. The Bertz CT molecular complexity index is 1130. The lowest BCUT2D eigenvalue weighted by molar-refractivity contribution is 0.143.